The summed E-state index contributed by atoms with van der Waals surface area (Å²) < 4.78 is 0. The molecule has 130 valence electrons. The summed E-state index contributed by atoms with van der Waals surface area (Å²) in [6.07, 6.45) is 3.31. The van der Waals surface area contributed by atoms with Crippen LogP contribution in [0.15, 0.2) is 48.8 Å². The van der Waals surface area contributed by atoms with Crippen molar-refractivity contribution in [3.63, 3.8) is 0 Å². The van der Waals surface area contributed by atoms with E-state index in [4.69, 9.17) is 0 Å². The summed E-state index contributed by atoms with van der Waals surface area (Å²) in [6, 6.07) is 10.4. The van der Waals surface area contributed by atoms with Crippen LogP contribution in [0.5, 0.6) is 0 Å². The van der Waals surface area contributed by atoms with Gasteiger partial charge in [-0.25, -0.2) is 0 Å². The number of anilines is 2. The Balaban J connectivity index is 1.94. The van der Waals surface area contributed by atoms with E-state index in [0.29, 0.717) is 17.9 Å². The molecule has 0 bridgehead atoms. The normalized spacial score (nSPS) is 10.0. The number of aromatic nitrogens is 1. The minimum absolute atomic E-state index is 0.0579. The molecule has 1 aromatic carbocycles. The van der Waals surface area contributed by atoms with Gasteiger partial charge in [0, 0.05) is 44.2 Å². The fourth-order valence-corrected chi connectivity index (χ4v) is 2.20. The van der Waals surface area contributed by atoms with Crippen LogP contribution in [0.4, 0.5) is 11.4 Å². The maximum Gasteiger partial charge on any atom is 0.244 e. The number of hydrogen-bond acceptors (Lipinski definition) is 4. The molecule has 7 heteroatoms. The lowest BCUT2D eigenvalue weighted by Crippen LogP contribution is -2.36. The standard InChI is InChI=1S/C18H20N4O3/c1-13(23)20-16-5-7-17(8-6-16)21-18(25)12-22(14(2)24)11-15-4-3-9-19-10-15/h3-10H,11-12H2,1-2H3,(H,20,23)(H,21,25). The van der Waals surface area contributed by atoms with Crippen LogP contribution in [-0.2, 0) is 20.9 Å². The van der Waals surface area contributed by atoms with Crippen molar-refractivity contribution in [3.05, 3.63) is 54.4 Å². The first-order chi connectivity index (χ1) is 11.9. The van der Waals surface area contributed by atoms with Gasteiger partial charge < -0.3 is 15.5 Å². The molecule has 1 aromatic heterocycles. The van der Waals surface area contributed by atoms with Gasteiger partial charge in [-0.3, -0.25) is 19.4 Å². The first-order valence-electron chi connectivity index (χ1n) is 7.76. The van der Waals surface area contributed by atoms with Crippen molar-refractivity contribution in [2.24, 2.45) is 0 Å². The van der Waals surface area contributed by atoms with Crippen LogP contribution < -0.4 is 10.6 Å². The molecule has 0 unspecified atom stereocenters. The molecule has 2 aromatic rings. The number of pyridine rings is 1. The lowest BCUT2D eigenvalue weighted by atomic mass is 10.2. The topological polar surface area (TPSA) is 91.4 Å². The van der Waals surface area contributed by atoms with Gasteiger partial charge >= 0.3 is 0 Å². The van der Waals surface area contributed by atoms with Crippen LogP contribution >= 0.6 is 0 Å². The average molecular weight is 340 g/mol. The molecule has 0 spiro atoms. The third-order valence-electron chi connectivity index (χ3n) is 3.37. The van der Waals surface area contributed by atoms with Gasteiger partial charge in [-0.05, 0) is 35.9 Å². The van der Waals surface area contributed by atoms with E-state index in [2.05, 4.69) is 15.6 Å². The van der Waals surface area contributed by atoms with Crippen LogP contribution in [0.25, 0.3) is 0 Å². The fourth-order valence-electron chi connectivity index (χ4n) is 2.20. The number of benzene rings is 1. The SMILES string of the molecule is CC(=O)Nc1ccc(NC(=O)CN(Cc2cccnc2)C(C)=O)cc1. The minimum Gasteiger partial charge on any atom is -0.329 e. The molecule has 3 amide bonds. The molecule has 0 radical (unpaired) electrons. The molecule has 0 saturated heterocycles. The Morgan fingerprint density at radius 3 is 2.16 bits per heavy atom. The molecule has 0 fully saturated rings. The summed E-state index contributed by atoms with van der Waals surface area (Å²) in [5.74, 6) is -0.657. The summed E-state index contributed by atoms with van der Waals surface area (Å²) in [4.78, 5) is 40.4. The van der Waals surface area contributed by atoms with E-state index < -0.39 is 0 Å². The zero-order valence-electron chi connectivity index (χ0n) is 14.2. The van der Waals surface area contributed by atoms with Crippen molar-refractivity contribution in [2.75, 3.05) is 17.2 Å². The third-order valence-corrected chi connectivity index (χ3v) is 3.37. The number of amides is 3. The van der Waals surface area contributed by atoms with Crippen molar-refractivity contribution in [3.8, 4) is 0 Å². The van der Waals surface area contributed by atoms with Gasteiger partial charge in [-0.15, -0.1) is 0 Å². The van der Waals surface area contributed by atoms with E-state index >= 15 is 0 Å². The summed E-state index contributed by atoms with van der Waals surface area (Å²) in [7, 11) is 0. The molecule has 0 aliphatic heterocycles. The van der Waals surface area contributed by atoms with Crippen LogP contribution in [0.2, 0.25) is 0 Å². The summed E-state index contributed by atoms with van der Waals surface area (Å²) in [6.45, 7) is 3.11. The van der Waals surface area contributed by atoms with Gasteiger partial charge in [0.2, 0.25) is 17.7 Å². The molecular formula is C18H20N4O3. The zero-order valence-corrected chi connectivity index (χ0v) is 14.2. The zero-order chi connectivity index (χ0) is 18.2. The van der Waals surface area contributed by atoms with Crippen molar-refractivity contribution in [2.45, 2.75) is 20.4 Å². The van der Waals surface area contributed by atoms with Crippen LogP contribution in [0.3, 0.4) is 0 Å². The molecule has 0 saturated carbocycles. The first kappa shape index (κ1) is 18.1. The van der Waals surface area contributed by atoms with Gasteiger partial charge in [0.1, 0.15) is 6.54 Å². The first-order valence-corrected chi connectivity index (χ1v) is 7.76. The van der Waals surface area contributed by atoms with Crippen molar-refractivity contribution < 1.29 is 14.4 Å². The van der Waals surface area contributed by atoms with Gasteiger partial charge in [0.25, 0.3) is 0 Å². The molecule has 2 rings (SSSR count). The smallest absolute Gasteiger partial charge is 0.244 e. The highest BCUT2D eigenvalue weighted by Crippen LogP contribution is 2.13. The average Bonchev–Trinajstić information content (AvgIpc) is 2.56. The molecule has 2 N–H and O–H groups in total. The largest absolute Gasteiger partial charge is 0.329 e. The Kier molecular flexibility index (Phi) is 6.22. The van der Waals surface area contributed by atoms with Gasteiger partial charge in [0.15, 0.2) is 0 Å². The van der Waals surface area contributed by atoms with E-state index in [-0.39, 0.29) is 24.3 Å². The van der Waals surface area contributed by atoms with Crippen LogP contribution in [-0.4, -0.2) is 34.2 Å². The highest BCUT2D eigenvalue weighted by Gasteiger charge is 2.14. The quantitative estimate of drug-likeness (QED) is 0.842. The van der Waals surface area contributed by atoms with E-state index in [1.807, 2.05) is 6.07 Å². The maximum atomic E-state index is 12.2. The van der Waals surface area contributed by atoms with Gasteiger partial charge in [-0.1, -0.05) is 6.07 Å². The third kappa shape index (κ3) is 6.06. The monoisotopic (exact) mass is 340 g/mol. The van der Waals surface area contributed by atoms with E-state index in [1.165, 1.54) is 18.7 Å². The molecule has 1 heterocycles. The highest BCUT2D eigenvalue weighted by molar-refractivity contribution is 5.95. The van der Waals surface area contributed by atoms with E-state index in [1.54, 1.807) is 42.7 Å². The van der Waals surface area contributed by atoms with Crippen molar-refractivity contribution >= 4 is 29.1 Å². The lowest BCUT2D eigenvalue weighted by Gasteiger charge is -2.20. The van der Waals surface area contributed by atoms with Crippen molar-refractivity contribution in [1.82, 2.24) is 9.88 Å². The van der Waals surface area contributed by atoms with E-state index in [9.17, 15) is 14.4 Å². The number of nitrogens with one attached hydrogen (secondary N) is 2. The Hall–Kier alpha value is -3.22. The minimum atomic E-state index is -0.300. The second-order valence-electron chi connectivity index (χ2n) is 5.54. The molecule has 7 nitrogen and oxygen atoms in total. The maximum absolute atomic E-state index is 12.2. The fraction of sp³-hybridized carbons (Fsp3) is 0.222. The Morgan fingerprint density at radius 2 is 1.64 bits per heavy atom. The highest BCUT2D eigenvalue weighted by atomic mass is 16.2. The predicted octanol–water partition coefficient (Wildman–Crippen LogP) is 2.03. The van der Waals surface area contributed by atoms with Crippen LogP contribution in [0.1, 0.15) is 19.4 Å². The molecule has 0 aliphatic rings. The molecular weight excluding hydrogens is 320 g/mol. The molecule has 0 aliphatic carbocycles. The predicted molar refractivity (Wildman–Crippen MR) is 94.7 cm³/mol. The molecule has 25 heavy (non-hydrogen) atoms. The van der Waals surface area contributed by atoms with Crippen molar-refractivity contribution in [1.29, 1.82) is 0 Å². The number of rotatable bonds is 6. The lowest BCUT2D eigenvalue weighted by molar-refractivity contribution is -0.133. The number of carbonyl (C=O) groups excluding carboxylic acids is 3. The number of hydrogen-bond donors (Lipinski definition) is 2. The molecule has 0 atom stereocenters. The number of carbonyl (C=O) groups is 3. The number of nitrogens with zero attached hydrogens (tertiary/aromatic N) is 2. The van der Waals surface area contributed by atoms with E-state index in [0.717, 1.165) is 5.56 Å². The second-order valence-corrected chi connectivity index (χ2v) is 5.54. The summed E-state index contributed by atoms with van der Waals surface area (Å²) in [5.41, 5.74) is 2.08. The Morgan fingerprint density at radius 1 is 1.00 bits per heavy atom. The summed E-state index contributed by atoms with van der Waals surface area (Å²) >= 11 is 0. The van der Waals surface area contributed by atoms with Gasteiger partial charge in [0.05, 0.1) is 0 Å². The van der Waals surface area contributed by atoms with Crippen LogP contribution in [0, 0.1) is 0 Å². The second kappa shape index (κ2) is 8.58. The Bertz CT molecular complexity index is 745. The Labute approximate surface area is 146 Å². The van der Waals surface area contributed by atoms with Gasteiger partial charge in [-0.2, -0.15) is 0 Å². The summed E-state index contributed by atoms with van der Waals surface area (Å²) in [5, 5.41) is 5.38.